The highest BCUT2D eigenvalue weighted by atomic mass is 79.9. The van der Waals surface area contributed by atoms with Gasteiger partial charge in [-0.15, -0.1) is 12.4 Å². The minimum atomic E-state index is -1.07. The number of rotatable bonds is 2. The summed E-state index contributed by atoms with van der Waals surface area (Å²) in [4.78, 5) is 14.7. The monoisotopic (exact) mass is 410 g/mol. The van der Waals surface area contributed by atoms with Gasteiger partial charge in [-0.2, -0.15) is 0 Å². The zero-order valence-electron chi connectivity index (χ0n) is 13.3. The molecule has 1 aliphatic heterocycles. The third kappa shape index (κ3) is 3.58. The van der Waals surface area contributed by atoms with Crippen molar-refractivity contribution in [3.63, 3.8) is 0 Å². The third-order valence-electron chi connectivity index (χ3n) is 4.38. The second-order valence-electron chi connectivity index (χ2n) is 6.14. The van der Waals surface area contributed by atoms with Crippen LogP contribution in [0.15, 0.2) is 46.9 Å². The highest BCUT2D eigenvalue weighted by molar-refractivity contribution is 9.10. The van der Waals surface area contributed by atoms with Crippen molar-refractivity contribution >= 4 is 34.2 Å². The van der Waals surface area contributed by atoms with Crippen LogP contribution < -0.4 is 5.73 Å². The molecular formula is C18H20BrClN2O2. The molecule has 128 valence electrons. The molecule has 2 aromatic rings. The van der Waals surface area contributed by atoms with Crippen molar-refractivity contribution in [2.75, 3.05) is 6.54 Å². The van der Waals surface area contributed by atoms with Crippen LogP contribution in [0.1, 0.15) is 23.6 Å². The van der Waals surface area contributed by atoms with Gasteiger partial charge in [-0.25, -0.2) is 0 Å². The van der Waals surface area contributed by atoms with Gasteiger partial charge in [-0.05, 0) is 54.3 Å². The molecule has 3 N–H and O–H groups in total. The van der Waals surface area contributed by atoms with Crippen LogP contribution in [0, 0.1) is 0 Å². The number of carbonyl (C=O) groups excluding carboxylic acids is 1. The molecule has 0 bridgehead atoms. The van der Waals surface area contributed by atoms with E-state index in [0.29, 0.717) is 13.1 Å². The molecule has 0 radical (unpaired) electrons. The van der Waals surface area contributed by atoms with E-state index in [4.69, 9.17) is 5.73 Å². The maximum atomic E-state index is 12.9. The fraction of sp³-hybridized carbons (Fsp3) is 0.278. The first-order chi connectivity index (χ1) is 10.9. The minimum Gasteiger partial charge on any atom is -0.508 e. The standard InChI is InChI=1S/C18H19BrN2O2.ClH/c1-18(20,14-3-5-15(19)6-4-14)17(23)21-9-8-12-2-7-16(22)10-13(12)11-21;/h2-7,10,22H,8-9,11,20H2,1H3;1H. The van der Waals surface area contributed by atoms with E-state index in [2.05, 4.69) is 15.9 Å². The highest BCUT2D eigenvalue weighted by Gasteiger charge is 2.35. The van der Waals surface area contributed by atoms with Gasteiger partial charge in [0, 0.05) is 17.6 Å². The van der Waals surface area contributed by atoms with Crippen molar-refractivity contribution in [3.8, 4) is 5.75 Å². The largest absolute Gasteiger partial charge is 0.508 e. The number of aromatic hydroxyl groups is 1. The first kappa shape index (κ1) is 18.8. The number of hydrogen-bond acceptors (Lipinski definition) is 3. The summed E-state index contributed by atoms with van der Waals surface area (Å²) in [5, 5.41) is 9.64. The van der Waals surface area contributed by atoms with Crippen LogP contribution in [-0.2, 0) is 23.3 Å². The van der Waals surface area contributed by atoms with E-state index >= 15 is 0 Å². The summed E-state index contributed by atoms with van der Waals surface area (Å²) in [7, 11) is 0. The maximum Gasteiger partial charge on any atom is 0.247 e. The smallest absolute Gasteiger partial charge is 0.247 e. The van der Waals surface area contributed by atoms with Gasteiger partial charge in [0.15, 0.2) is 0 Å². The molecule has 1 unspecified atom stereocenters. The van der Waals surface area contributed by atoms with Crippen molar-refractivity contribution in [1.82, 2.24) is 4.90 Å². The van der Waals surface area contributed by atoms with E-state index in [1.54, 1.807) is 24.0 Å². The number of phenols is 1. The molecule has 0 saturated carbocycles. The number of nitrogens with zero attached hydrogens (tertiary/aromatic N) is 1. The van der Waals surface area contributed by atoms with Crippen LogP contribution >= 0.6 is 28.3 Å². The number of carbonyl (C=O) groups is 1. The number of halogens is 2. The molecular weight excluding hydrogens is 392 g/mol. The Morgan fingerprint density at radius 2 is 1.88 bits per heavy atom. The molecule has 0 aliphatic carbocycles. The number of hydrogen-bond donors (Lipinski definition) is 2. The SMILES string of the molecule is CC(N)(C(=O)N1CCc2ccc(O)cc2C1)c1ccc(Br)cc1.Cl. The van der Waals surface area contributed by atoms with Crippen LogP contribution in [0.5, 0.6) is 5.75 Å². The molecule has 0 spiro atoms. The first-order valence-electron chi connectivity index (χ1n) is 7.53. The molecule has 4 nitrogen and oxygen atoms in total. The van der Waals surface area contributed by atoms with Gasteiger partial charge >= 0.3 is 0 Å². The second-order valence-corrected chi connectivity index (χ2v) is 7.05. The Balaban J connectivity index is 0.00000208. The zero-order valence-corrected chi connectivity index (χ0v) is 15.7. The molecule has 0 saturated heterocycles. The lowest BCUT2D eigenvalue weighted by atomic mass is 9.90. The van der Waals surface area contributed by atoms with E-state index in [0.717, 1.165) is 22.0 Å². The van der Waals surface area contributed by atoms with Gasteiger partial charge < -0.3 is 15.7 Å². The van der Waals surface area contributed by atoms with Crippen molar-refractivity contribution < 1.29 is 9.90 Å². The lowest BCUT2D eigenvalue weighted by Gasteiger charge is -2.35. The molecule has 6 heteroatoms. The van der Waals surface area contributed by atoms with Crippen LogP contribution in [0.4, 0.5) is 0 Å². The van der Waals surface area contributed by atoms with Gasteiger partial charge in [-0.3, -0.25) is 4.79 Å². The van der Waals surface area contributed by atoms with Crippen LogP contribution in [-0.4, -0.2) is 22.5 Å². The van der Waals surface area contributed by atoms with E-state index in [9.17, 15) is 9.90 Å². The number of amides is 1. The van der Waals surface area contributed by atoms with E-state index in [1.807, 2.05) is 30.3 Å². The Morgan fingerprint density at radius 3 is 2.54 bits per heavy atom. The Bertz CT molecular complexity index is 747. The summed E-state index contributed by atoms with van der Waals surface area (Å²) >= 11 is 3.39. The van der Waals surface area contributed by atoms with Crippen LogP contribution in [0.3, 0.4) is 0 Å². The van der Waals surface area contributed by atoms with Gasteiger partial charge in [0.05, 0.1) is 0 Å². The molecule has 1 atom stereocenters. The fourth-order valence-corrected chi connectivity index (χ4v) is 3.23. The molecule has 1 heterocycles. The summed E-state index contributed by atoms with van der Waals surface area (Å²) < 4.78 is 0.951. The van der Waals surface area contributed by atoms with E-state index < -0.39 is 5.54 Å². The number of benzene rings is 2. The average Bonchev–Trinajstić information content (AvgIpc) is 2.53. The topological polar surface area (TPSA) is 66.6 Å². The summed E-state index contributed by atoms with van der Waals surface area (Å²) in [5.74, 6) is 0.121. The van der Waals surface area contributed by atoms with Gasteiger partial charge in [0.25, 0.3) is 0 Å². The van der Waals surface area contributed by atoms with Gasteiger partial charge in [0.1, 0.15) is 11.3 Å². The Morgan fingerprint density at radius 1 is 1.21 bits per heavy atom. The molecule has 1 amide bonds. The second kappa shape index (κ2) is 7.13. The number of nitrogens with two attached hydrogens (primary N) is 1. The summed E-state index contributed by atoms with van der Waals surface area (Å²) in [6, 6.07) is 12.8. The van der Waals surface area contributed by atoms with Crippen molar-refractivity contribution in [2.24, 2.45) is 5.73 Å². The third-order valence-corrected chi connectivity index (χ3v) is 4.91. The lowest BCUT2D eigenvalue weighted by Crippen LogP contribution is -2.52. The predicted molar refractivity (Wildman–Crippen MR) is 100 cm³/mol. The summed E-state index contributed by atoms with van der Waals surface area (Å²) in [5.41, 5.74) is 8.22. The number of phenolic OH excluding ortho intramolecular Hbond substituents is 1. The Kier molecular flexibility index (Phi) is 5.58. The molecule has 0 fully saturated rings. The Labute approximate surface area is 156 Å². The van der Waals surface area contributed by atoms with Gasteiger partial charge in [0.2, 0.25) is 5.91 Å². The molecule has 2 aromatic carbocycles. The molecule has 3 rings (SSSR count). The minimum absolute atomic E-state index is 0. The maximum absolute atomic E-state index is 12.9. The molecule has 1 aliphatic rings. The average molecular weight is 412 g/mol. The van der Waals surface area contributed by atoms with Crippen molar-refractivity contribution in [2.45, 2.75) is 25.4 Å². The summed E-state index contributed by atoms with van der Waals surface area (Å²) in [6.45, 7) is 2.86. The van der Waals surface area contributed by atoms with Crippen LogP contribution in [0.25, 0.3) is 0 Å². The van der Waals surface area contributed by atoms with Gasteiger partial charge in [-0.1, -0.05) is 34.1 Å². The zero-order chi connectivity index (χ0) is 16.6. The number of fused-ring (bicyclic) bond motifs is 1. The van der Waals surface area contributed by atoms with Crippen molar-refractivity contribution in [1.29, 1.82) is 0 Å². The van der Waals surface area contributed by atoms with E-state index in [1.165, 1.54) is 5.56 Å². The highest BCUT2D eigenvalue weighted by Crippen LogP contribution is 2.28. The lowest BCUT2D eigenvalue weighted by molar-refractivity contribution is -0.137. The summed E-state index contributed by atoms with van der Waals surface area (Å²) in [6.07, 6.45) is 0.776. The Hall–Kier alpha value is -1.56. The van der Waals surface area contributed by atoms with Crippen molar-refractivity contribution in [3.05, 3.63) is 63.6 Å². The normalized spacial score (nSPS) is 15.9. The fourth-order valence-electron chi connectivity index (χ4n) is 2.96. The van der Waals surface area contributed by atoms with E-state index in [-0.39, 0.29) is 24.1 Å². The quantitative estimate of drug-likeness (QED) is 0.796. The molecule has 0 aromatic heterocycles. The predicted octanol–water partition coefficient (Wildman–Crippen LogP) is 3.34. The molecule has 24 heavy (non-hydrogen) atoms. The first-order valence-corrected chi connectivity index (χ1v) is 8.32. The van der Waals surface area contributed by atoms with Crippen LogP contribution in [0.2, 0.25) is 0 Å².